The number of para-hydroxylation sites is 2. The van der Waals surface area contributed by atoms with Crippen LogP contribution >= 0.6 is 0 Å². The number of nitrogens with one attached hydrogen (secondary N) is 1. The molecule has 1 N–H and O–H groups in total. The third-order valence-corrected chi connectivity index (χ3v) is 8.15. The number of rotatable bonds is 15. The normalized spacial score (nSPS) is 12.7. The predicted octanol–water partition coefficient (Wildman–Crippen LogP) is 4.80. The van der Waals surface area contributed by atoms with E-state index in [1.165, 1.54) is 11.4 Å². The van der Waals surface area contributed by atoms with Gasteiger partial charge in [0.05, 0.1) is 19.1 Å². The Hall–Kier alpha value is -3.85. The first kappa shape index (κ1) is 31.7. The molecule has 2 amide bonds. The third kappa shape index (κ3) is 9.35. The largest absolute Gasteiger partial charge is 0.495 e. The molecular weight excluding hydrogens is 538 g/mol. The van der Waals surface area contributed by atoms with Gasteiger partial charge in [-0.15, -0.1) is 0 Å². The molecule has 0 aliphatic rings. The fourth-order valence-corrected chi connectivity index (χ4v) is 5.56. The Bertz CT molecular complexity index is 1370. The van der Waals surface area contributed by atoms with E-state index in [1.807, 2.05) is 74.5 Å². The van der Waals surface area contributed by atoms with Gasteiger partial charge in [0, 0.05) is 32.0 Å². The van der Waals surface area contributed by atoms with Crippen molar-refractivity contribution in [3.8, 4) is 5.75 Å². The molecule has 0 heterocycles. The summed E-state index contributed by atoms with van der Waals surface area (Å²) in [5.74, 6) is 0.00132. The van der Waals surface area contributed by atoms with Gasteiger partial charge in [0.25, 0.3) is 0 Å². The lowest BCUT2D eigenvalue weighted by molar-refractivity contribution is -0.141. The molecule has 41 heavy (non-hydrogen) atoms. The number of amides is 2. The molecule has 0 aromatic heterocycles. The molecule has 3 aromatic rings. The highest BCUT2D eigenvalue weighted by Crippen LogP contribution is 2.30. The molecule has 0 aliphatic carbocycles. The average molecular weight is 580 g/mol. The minimum Gasteiger partial charge on any atom is -0.495 e. The van der Waals surface area contributed by atoms with E-state index < -0.39 is 16.1 Å². The van der Waals surface area contributed by atoms with E-state index in [2.05, 4.69) is 5.32 Å². The summed E-state index contributed by atoms with van der Waals surface area (Å²) in [5, 5.41) is 3.07. The van der Waals surface area contributed by atoms with Crippen LogP contribution in [0.1, 0.15) is 44.2 Å². The molecule has 8 nitrogen and oxygen atoms in total. The van der Waals surface area contributed by atoms with Crippen molar-refractivity contribution in [3.63, 3.8) is 0 Å². The summed E-state index contributed by atoms with van der Waals surface area (Å²) in [7, 11) is -2.15. The Morgan fingerprint density at radius 2 is 1.49 bits per heavy atom. The van der Waals surface area contributed by atoms with Crippen LogP contribution in [0, 0.1) is 0 Å². The number of carbonyl (C=O) groups is 2. The molecule has 2 atom stereocenters. The van der Waals surface area contributed by atoms with E-state index >= 15 is 0 Å². The van der Waals surface area contributed by atoms with Crippen molar-refractivity contribution in [2.75, 3.05) is 24.2 Å². The van der Waals surface area contributed by atoms with Gasteiger partial charge in [-0.25, -0.2) is 8.42 Å². The maximum absolute atomic E-state index is 13.9. The van der Waals surface area contributed by atoms with Gasteiger partial charge in [0.2, 0.25) is 21.8 Å². The maximum Gasteiger partial charge on any atom is 0.243 e. The van der Waals surface area contributed by atoms with Crippen molar-refractivity contribution in [2.24, 2.45) is 0 Å². The first-order valence-corrected chi connectivity index (χ1v) is 15.8. The number of hydrogen-bond acceptors (Lipinski definition) is 5. The summed E-state index contributed by atoms with van der Waals surface area (Å²) in [6.45, 7) is 4.29. The lowest BCUT2D eigenvalue weighted by Crippen LogP contribution is -2.52. The van der Waals surface area contributed by atoms with Crippen molar-refractivity contribution >= 4 is 27.5 Å². The third-order valence-electron chi connectivity index (χ3n) is 6.97. The first-order chi connectivity index (χ1) is 19.6. The van der Waals surface area contributed by atoms with Gasteiger partial charge in [-0.3, -0.25) is 13.9 Å². The molecule has 0 saturated carbocycles. The molecule has 0 unspecified atom stereocenters. The molecule has 3 rings (SSSR count). The Balaban J connectivity index is 1.88. The van der Waals surface area contributed by atoms with Crippen molar-refractivity contribution in [3.05, 3.63) is 96.1 Å². The Morgan fingerprint density at radius 1 is 0.902 bits per heavy atom. The maximum atomic E-state index is 13.9. The Kier molecular flexibility index (Phi) is 11.8. The van der Waals surface area contributed by atoms with Crippen LogP contribution in [-0.4, -0.2) is 57.1 Å². The zero-order chi connectivity index (χ0) is 29.8. The molecule has 0 spiro atoms. The first-order valence-electron chi connectivity index (χ1n) is 13.9. The fraction of sp³-hybridized carbons (Fsp3) is 0.375. The zero-order valence-corrected chi connectivity index (χ0v) is 25.1. The summed E-state index contributed by atoms with van der Waals surface area (Å²) in [5.41, 5.74) is 2.27. The van der Waals surface area contributed by atoms with Gasteiger partial charge in [0.15, 0.2) is 0 Å². The van der Waals surface area contributed by atoms with E-state index in [1.54, 1.807) is 29.2 Å². The van der Waals surface area contributed by atoms with Crippen LogP contribution < -0.4 is 14.4 Å². The zero-order valence-electron chi connectivity index (χ0n) is 24.3. The van der Waals surface area contributed by atoms with Gasteiger partial charge in [-0.1, -0.05) is 79.7 Å². The molecule has 0 aliphatic heterocycles. The fourth-order valence-electron chi connectivity index (χ4n) is 4.59. The van der Waals surface area contributed by atoms with Crippen LogP contribution in [0.15, 0.2) is 84.9 Å². The highest BCUT2D eigenvalue weighted by Gasteiger charge is 2.31. The van der Waals surface area contributed by atoms with Crippen LogP contribution in [0.2, 0.25) is 0 Å². The van der Waals surface area contributed by atoms with Crippen LogP contribution in [-0.2, 0) is 32.6 Å². The molecule has 0 fully saturated rings. The number of ether oxygens (including phenoxy) is 1. The quantitative estimate of drug-likeness (QED) is 0.279. The van der Waals surface area contributed by atoms with Crippen LogP contribution in [0.3, 0.4) is 0 Å². The summed E-state index contributed by atoms with van der Waals surface area (Å²) < 4.78 is 32.1. The number of anilines is 1. The van der Waals surface area contributed by atoms with Crippen molar-refractivity contribution in [1.29, 1.82) is 0 Å². The van der Waals surface area contributed by atoms with E-state index in [4.69, 9.17) is 4.74 Å². The lowest BCUT2D eigenvalue weighted by Gasteiger charge is -2.32. The molecule has 0 bridgehead atoms. The smallest absolute Gasteiger partial charge is 0.243 e. The Labute approximate surface area is 244 Å². The molecular formula is C32H41N3O5S. The minimum atomic E-state index is -3.64. The number of benzene rings is 3. The summed E-state index contributed by atoms with van der Waals surface area (Å²) >= 11 is 0. The summed E-state index contributed by atoms with van der Waals surface area (Å²) in [4.78, 5) is 29.1. The van der Waals surface area contributed by atoms with Crippen LogP contribution in [0.4, 0.5) is 5.69 Å². The molecule has 0 saturated heterocycles. The SMILES string of the molecule is CC[C@H](C)NC(=O)[C@H](Cc1ccccc1)N(Cc1ccccc1)C(=O)CCCN(c1ccccc1OC)S(C)(=O)=O. The highest BCUT2D eigenvalue weighted by atomic mass is 32.2. The van der Waals surface area contributed by atoms with E-state index in [9.17, 15) is 18.0 Å². The number of methoxy groups -OCH3 is 1. The Morgan fingerprint density at radius 3 is 2.07 bits per heavy atom. The predicted molar refractivity (Wildman–Crippen MR) is 163 cm³/mol. The number of nitrogens with zero attached hydrogens (tertiary/aromatic N) is 2. The van der Waals surface area contributed by atoms with E-state index in [0.717, 1.165) is 23.8 Å². The van der Waals surface area contributed by atoms with Crippen LogP contribution in [0.5, 0.6) is 5.75 Å². The summed E-state index contributed by atoms with van der Waals surface area (Å²) in [6, 6.07) is 25.3. The number of sulfonamides is 1. The second-order valence-corrected chi connectivity index (χ2v) is 12.0. The van der Waals surface area contributed by atoms with Gasteiger partial charge in [0.1, 0.15) is 11.8 Å². The lowest BCUT2D eigenvalue weighted by atomic mass is 10.0. The highest BCUT2D eigenvalue weighted by molar-refractivity contribution is 7.92. The monoisotopic (exact) mass is 579 g/mol. The number of carbonyl (C=O) groups excluding carboxylic acids is 2. The molecule has 0 radical (unpaired) electrons. The summed E-state index contributed by atoms with van der Waals surface area (Å²) in [6.07, 6.45) is 2.59. The van der Waals surface area contributed by atoms with E-state index in [-0.39, 0.29) is 43.8 Å². The minimum absolute atomic E-state index is 0.0429. The average Bonchev–Trinajstić information content (AvgIpc) is 2.97. The topological polar surface area (TPSA) is 96.0 Å². The number of hydrogen-bond donors (Lipinski definition) is 1. The second kappa shape index (κ2) is 15.2. The molecule has 3 aromatic carbocycles. The van der Waals surface area contributed by atoms with Gasteiger partial charge < -0.3 is 15.0 Å². The second-order valence-electron chi connectivity index (χ2n) is 10.1. The van der Waals surface area contributed by atoms with Crippen molar-refractivity contribution in [1.82, 2.24) is 10.2 Å². The van der Waals surface area contributed by atoms with Crippen LogP contribution in [0.25, 0.3) is 0 Å². The van der Waals surface area contributed by atoms with Crippen molar-refractivity contribution < 1.29 is 22.7 Å². The van der Waals surface area contributed by atoms with Gasteiger partial charge >= 0.3 is 0 Å². The van der Waals surface area contributed by atoms with Gasteiger partial charge in [-0.05, 0) is 43.0 Å². The molecule has 220 valence electrons. The standard InChI is InChI=1S/C32H41N3O5S/c1-5-25(2)33-32(37)29(23-26-15-8-6-9-16-26)34(24-27-17-10-7-11-18-27)31(36)21-14-22-35(41(4,38)39)28-19-12-13-20-30(28)40-3/h6-13,15-20,25,29H,5,14,21-24H2,1-4H3,(H,33,37)/t25-,29-/m0/s1. The van der Waals surface area contributed by atoms with E-state index in [0.29, 0.717) is 17.9 Å². The van der Waals surface area contributed by atoms with Gasteiger partial charge in [-0.2, -0.15) is 0 Å². The molecule has 9 heteroatoms. The van der Waals surface area contributed by atoms with Crippen molar-refractivity contribution in [2.45, 2.75) is 58.2 Å².